The average molecular weight is 338 g/mol. The lowest BCUT2D eigenvalue weighted by atomic mass is 9.96. The Balaban J connectivity index is 1.24. The zero-order valence-electron chi connectivity index (χ0n) is 14.6. The van der Waals surface area contributed by atoms with Gasteiger partial charge in [-0.3, -0.25) is 4.68 Å². The van der Waals surface area contributed by atoms with Crippen molar-refractivity contribution in [2.75, 3.05) is 19.6 Å². The SMILES string of the molecule is O=C(NCC1(Cc2ccccc2)CC1)N1CCC(n2cccn2)CC1. The van der Waals surface area contributed by atoms with E-state index in [0.29, 0.717) is 6.04 Å². The van der Waals surface area contributed by atoms with Crippen LogP contribution in [-0.2, 0) is 6.42 Å². The fourth-order valence-corrected chi connectivity index (χ4v) is 3.83. The maximum atomic E-state index is 12.5. The summed E-state index contributed by atoms with van der Waals surface area (Å²) in [5.41, 5.74) is 1.65. The van der Waals surface area contributed by atoms with E-state index in [1.54, 1.807) is 0 Å². The topological polar surface area (TPSA) is 50.2 Å². The molecule has 1 N–H and O–H groups in total. The van der Waals surface area contributed by atoms with Crippen LogP contribution in [-0.4, -0.2) is 40.3 Å². The lowest BCUT2D eigenvalue weighted by Gasteiger charge is -2.32. The fourth-order valence-electron chi connectivity index (χ4n) is 3.83. The van der Waals surface area contributed by atoms with Crippen LogP contribution in [0.3, 0.4) is 0 Å². The van der Waals surface area contributed by atoms with Crippen LogP contribution < -0.4 is 5.32 Å². The largest absolute Gasteiger partial charge is 0.337 e. The highest BCUT2D eigenvalue weighted by molar-refractivity contribution is 5.74. The van der Waals surface area contributed by atoms with Gasteiger partial charge < -0.3 is 10.2 Å². The Kier molecular flexibility index (Phi) is 4.47. The van der Waals surface area contributed by atoms with Crippen LogP contribution in [0.2, 0.25) is 0 Å². The number of amides is 2. The van der Waals surface area contributed by atoms with Gasteiger partial charge in [0.2, 0.25) is 0 Å². The molecule has 2 aliphatic rings. The van der Waals surface area contributed by atoms with Crippen LogP contribution in [0.15, 0.2) is 48.8 Å². The minimum atomic E-state index is 0.0956. The summed E-state index contributed by atoms with van der Waals surface area (Å²) >= 11 is 0. The Bertz CT molecular complexity index is 686. The molecule has 1 saturated carbocycles. The van der Waals surface area contributed by atoms with Crippen molar-refractivity contribution in [3.63, 3.8) is 0 Å². The number of rotatable bonds is 5. The number of likely N-dealkylation sites (tertiary alicyclic amines) is 1. The molecule has 2 amide bonds. The molecule has 1 aliphatic heterocycles. The second kappa shape index (κ2) is 6.90. The molecule has 2 fully saturated rings. The van der Waals surface area contributed by atoms with Crippen molar-refractivity contribution < 1.29 is 4.79 Å². The standard InChI is InChI=1S/C20H26N4O/c25-19(23-13-7-18(8-14-23)24-12-4-11-22-24)21-16-20(9-10-20)15-17-5-2-1-3-6-17/h1-6,11-12,18H,7-10,13-16H2,(H,21,25). The molecule has 1 aromatic carbocycles. The van der Waals surface area contributed by atoms with E-state index in [1.165, 1.54) is 18.4 Å². The molecular weight excluding hydrogens is 312 g/mol. The van der Waals surface area contributed by atoms with Crippen molar-refractivity contribution in [2.45, 2.75) is 38.1 Å². The van der Waals surface area contributed by atoms with Gasteiger partial charge in [0.1, 0.15) is 0 Å². The first kappa shape index (κ1) is 16.2. The number of nitrogens with zero attached hydrogens (tertiary/aromatic N) is 3. The van der Waals surface area contributed by atoms with E-state index in [9.17, 15) is 4.79 Å². The van der Waals surface area contributed by atoms with Gasteiger partial charge in [0, 0.05) is 32.0 Å². The highest BCUT2D eigenvalue weighted by Crippen LogP contribution is 2.47. The normalized spacial score (nSPS) is 19.6. The summed E-state index contributed by atoms with van der Waals surface area (Å²) in [5.74, 6) is 0. The average Bonchev–Trinajstić information content (AvgIpc) is 3.19. The Morgan fingerprint density at radius 2 is 1.92 bits per heavy atom. The van der Waals surface area contributed by atoms with Crippen molar-refractivity contribution in [2.24, 2.45) is 5.41 Å². The van der Waals surface area contributed by atoms with Gasteiger partial charge >= 0.3 is 6.03 Å². The van der Waals surface area contributed by atoms with Gasteiger partial charge in [-0.2, -0.15) is 5.10 Å². The molecule has 1 aliphatic carbocycles. The first-order valence-electron chi connectivity index (χ1n) is 9.30. The molecule has 0 atom stereocenters. The molecule has 1 saturated heterocycles. The maximum Gasteiger partial charge on any atom is 0.317 e. The monoisotopic (exact) mass is 338 g/mol. The van der Waals surface area contributed by atoms with Crippen LogP contribution in [0, 0.1) is 5.41 Å². The molecule has 132 valence electrons. The molecule has 4 rings (SSSR count). The summed E-state index contributed by atoms with van der Waals surface area (Å²) in [5, 5.41) is 7.51. The summed E-state index contributed by atoms with van der Waals surface area (Å²) in [4.78, 5) is 14.5. The first-order valence-corrected chi connectivity index (χ1v) is 9.30. The number of nitrogens with one attached hydrogen (secondary N) is 1. The molecule has 1 aromatic heterocycles. The van der Waals surface area contributed by atoms with E-state index in [2.05, 4.69) is 40.7 Å². The van der Waals surface area contributed by atoms with E-state index >= 15 is 0 Å². The minimum Gasteiger partial charge on any atom is -0.337 e. The molecule has 0 bridgehead atoms. The number of benzene rings is 1. The van der Waals surface area contributed by atoms with Gasteiger partial charge in [0.25, 0.3) is 0 Å². The van der Waals surface area contributed by atoms with Crippen molar-refractivity contribution in [1.29, 1.82) is 0 Å². The Morgan fingerprint density at radius 1 is 1.16 bits per heavy atom. The van der Waals surface area contributed by atoms with E-state index in [1.807, 2.05) is 28.0 Å². The first-order chi connectivity index (χ1) is 12.2. The highest BCUT2D eigenvalue weighted by atomic mass is 16.2. The van der Waals surface area contributed by atoms with Crippen molar-refractivity contribution in [3.05, 3.63) is 54.4 Å². The summed E-state index contributed by atoms with van der Waals surface area (Å²) in [7, 11) is 0. The number of hydrogen-bond acceptors (Lipinski definition) is 2. The molecular formula is C20H26N4O. The number of hydrogen-bond donors (Lipinski definition) is 1. The Labute approximate surface area is 149 Å². The predicted octanol–water partition coefficient (Wildman–Crippen LogP) is 3.25. The van der Waals surface area contributed by atoms with Gasteiger partial charge in [0.05, 0.1) is 6.04 Å². The van der Waals surface area contributed by atoms with Crippen LogP contribution in [0.4, 0.5) is 4.79 Å². The zero-order chi connectivity index (χ0) is 17.1. The van der Waals surface area contributed by atoms with E-state index in [4.69, 9.17) is 0 Å². The van der Waals surface area contributed by atoms with Crippen molar-refractivity contribution in [3.8, 4) is 0 Å². The van der Waals surface area contributed by atoms with Crippen LogP contribution in [0.5, 0.6) is 0 Å². The third-order valence-electron chi connectivity index (χ3n) is 5.64. The van der Waals surface area contributed by atoms with Gasteiger partial charge in [0.15, 0.2) is 0 Å². The number of piperidine rings is 1. The zero-order valence-corrected chi connectivity index (χ0v) is 14.6. The molecule has 2 heterocycles. The Hall–Kier alpha value is -2.30. The lowest BCUT2D eigenvalue weighted by Crippen LogP contribution is -2.46. The van der Waals surface area contributed by atoms with Gasteiger partial charge in [-0.25, -0.2) is 4.79 Å². The summed E-state index contributed by atoms with van der Waals surface area (Å²) in [6.45, 7) is 2.41. The molecule has 5 nitrogen and oxygen atoms in total. The number of carbonyl (C=O) groups is 1. The quantitative estimate of drug-likeness (QED) is 0.910. The smallest absolute Gasteiger partial charge is 0.317 e. The van der Waals surface area contributed by atoms with E-state index in [0.717, 1.165) is 38.9 Å². The fraction of sp³-hybridized carbons (Fsp3) is 0.500. The molecule has 2 aromatic rings. The van der Waals surface area contributed by atoms with E-state index in [-0.39, 0.29) is 11.4 Å². The van der Waals surface area contributed by atoms with Gasteiger partial charge in [-0.05, 0) is 49.1 Å². The second-order valence-corrected chi connectivity index (χ2v) is 7.53. The molecule has 0 unspecified atom stereocenters. The summed E-state index contributed by atoms with van der Waals surface area (Å²) in [6, 6.07) is 13.1. The third-order valence-corrected chi connectivity index (χ3v) is 5.64. The minimum absolute atomic E-state index is 0.0956. The summed E-state index contributed by atoms with van der Waals surface area (Å²) in [6.07, 6.45) is 9.28. The number of carbonyl (C=O) groups excluding carboxylic acids is 1. The van der Waals surface area contributed by atoms with Crippen LogP contribution >= 0.6 is 0 Å². The van der Waals surface area contributed by atoms with Crippen LogP contribution in [0.25, 0.3) is 0 Å². The van der Waals surface area contributed by atoms with Gasteiger partial charge in [-0.1, -0.05) is 30.3 Å². The number of urea groups is 1. The predicted molar refractivity (Wildman–Crippen MR) is 97.3 cm³/mol. The van der Waals surface area contributed by atoms with Crippen LogP contribution in [0.1, 0.15) is 37.3 Å². The lowest BCUT2D eigenvalue weighted by molar-refractivity contribution is 0.166. The molecule has 5 heteroatoms. The third kappa shape index (κ3) is 3.86. The summed E-state index contributed by atoms with van der Waals surface area (Å²) < 4.78 is 2.02. The highest BCUT2D eigenvalue weighted by Gasteiger charge is 2.42. The van der Waals surface area contributed by atoms with Crippen molar-refractivity contribution >= 4 is 6.03 Å². The molecule has 0 radical (unpaired) electrons. The number of aromatic nitrogens is 2. The maximum absolute atomic E-state index is 12.5. The van der Waals surface area contributed by atoms with E-state index < -0.39 is 0 Å². The second-order valence-electron chi connectivity index (χ2n) is 7.53. The van der Waals surface area contributed by atoms with Gasteiger partial charge in [-0.15, -0.1) is 0 Å². The molecule has 0 spiro atoms. The molecule has 25 heavy (non-hydrogen) atoms. The Morgan fingerprint density at radius 3 is 2.56 bits per heavy atom. The van der Waals surface area contributed by atoms with Crippen molar-refractivity contribution in [1.82, 2.24) is 20.0 Å².